The largest absolute Gasteiger partial charge is 0.448 e. The molecule has 0 saturated heterocycles. The molecule has 7 nitrogen and oxygen atoms in total. The predicted octanol–water partition coefficient (Wildman–Crippen LogP) is 1.96. The van der Waals surface area contributed by atoms with Crippen LogP contribution in [0.1, 0.15) is 19.8 Å². The van der Waals surface area contributed by atoms with E-state index in [2.05, 4.69) is 17.0 Å². The van der Waals surface area contributed by atoms with Gasteiger partial charge in [-0.2, -0.15) is 10.1 Å². The van der Waals surface area contributed by atoms with Crippen molar-refractivity contribution in [3.63, 3.8) is 0 Å². The molecule has 150 valence electrons. The minimum absolute atomic E-state index is 0.0228. The van der Waals surface area contributed by atoms with Gasteiger partial charge >= 0.3 is 5.97 Å². The van der Waals surface area contributed by atoms with Crippen molar-refractivity contribution >= 4 is 29.2 Å². The Morgan fingerprint density at radius 2 is 1.89 bits per heavy atom. The molecule has 2 amide bonds. The summed E-state index contributed by atoms with van der Waals surface area (Å²) in [7, 11) is 0. The van der Waals surface area contributed by atoms with Crippen molar-refractivity contribution in [1.29, 1.82) is 0 Å². The number of rotatable bonds is 6. The van der Waals surface area contributed by atoms with Gasteiger partial charge in [0.15, 0.2) is 29.4 Å². The summed E-state index contributed by atoms with van der Waals surface area (Å²) in [6, 6.07) is -0.0228. The normalized spacial score (nSPS) is 15.0. The monoisotopic (exact) mass is 401 g/mol. The van der Waals surface area contributed by atoms with Crippen molar-refractivity contribution in [2.24, 2.45) is 5.10 Å². The van der Waals surface area contributed by atoms with Gasteiger partial charge in [0.25, 0.3) is 5.91 Å². The number of ether oxygens (including phenoxy) is 1. The highest BCUT2D eigenvalue weighted by molar-refractivity contribution is 6.38. The van der Waals surface area contributed by atoms with E-state index in [0.29, 0.717) is 0 Å². The van der Waals surface area contributed by atoms with Crippen LogP contribution in [0.2, 0.25) is 0 Å². The lowest BCUT2D eigenvalue weighted by atomic mass is 10.1. The number of nitrogens with zero attached hydrogens (tertiary/aromatic N) is 2. The number of esters is 1. The molecule has 0 fully saturated rings. The molecule has 1 aromatic carbocycles. The van der Waals surface area contributed by atoms with Gasteiger partial charge in [0, 0.05) is 25.5 Å². The molecule has 0 aliphatic carbocycles. The minimum Gasteiger partial charge on any atom is -0.448 e. The van der Waals surface area contributed by atoms with E-state index in [4.69, 9.17) is 4.74 Å². The Hall–Kier alpha value is -3.24. The van der Waals surface area contributed by atoms with Crippen LogP contribution in [0.3, 0.4) is 0 Å². The minimum atomic E-state index is -1.84. The van der Waals surface area contributed by atoms with Crippen molar-refractivity contribution in [3.8, 4) is 0 Å². The van der Waals surface area contributed by atoms with Crippen molar-refractivity contribution in [2.75, 3.05) is 11.6 Å². The van der Waals surface area contributed by atoms with E-state index in [1.165, 1.54) is 13.0 Å². The number of halogens is 4. The maximum atomic E-state index is 13.9. The lowest BCUT2D eigenvalue weighted by molar-refractivity contribution is -0.148. The zero-order valence-electron chi connectivity index (χ0n) is 14.6. The number of hydrazone groups is 1. The van der Waals surface area contributed by atoms with Crippen LogP contribution in [0.5, 0.6) is 0 Å². The first-order chi connectivity index (χ1) is 13.2. The molecule has 0 unspecified atom stereocenters. The molecule has 0 radical (unpaired) electrons. The number of carbonyl (C=O) groups excluding carboxylic acids is 3. The van der Waals surface area contributed by atoms with Crippen molar-refractivity contribution in [3.05, 3.63) is 42.0 Å². The summed E-state index contributed by atoms with van der Waals surface area (Å²) in [5, 5.41) is 5.93. The van der Waals surface area contributed by atoms with Crippen LogP contribution < -0.4 is 10.3 Å². The molecular weight excluding hydrogens is 386 g/mol. The fourth-order valence-electron chi connectivity index (χ4n) is 2.22. The Morgan fingerprint density at radius 3 is 2.46 bits per heavy atom. The Balaban J connectivity index is 2.29. The highest BCUT2D eigenvalue weighted by atomic mass is 19.2. The summed E-state index contributed by atoms with van der Waals surface area (Å²) >= 11 is 0. The number of amides is 2. The van der Waals surface area contributed by atoms with E-state index in [1.54, 1.807) is 0 Å². The fourth-order valence-corrected chi connectivity index (χ4v) is 2.22. The van der Waals surface area contributed by atoms with Gasteiger partial charge in [0.05, 0.1) is 0 Å². The number of hydrogen-bond donors (Lipinski definition) is 1. The lowest BCUT2D eigenvalue weighted by Gasteiger charge is -2.24. The van der Waals surface area contributed by atoms with Crippen LogP contribution in [0, 0.1) is 23.3 Å². The van der Waals surface area contributed by atoms with Gasteiger partial charge < -0.3 is 10.1 Å². The molecule has 1 aromatic rings. The molecule has 2 rings (SSSR count). The summed E-state index contributed by atoms with van der Waals surface area (Å²) in [4.78, 5) is 35.8. The summed E-state index contributed by atoms with van der Waals surface area (Å²) in [6.45, 7) is 4.80. The second-order valence-electron chi connectivity index (χ2n) is 5.65. The fraction of sp³-hybridized carbons (Fsp3) is 0.294. The molecule has 28 heavy (non-hydrogen) atoms. The van der Waals surface area contributed by atoms with Gasteiger partial charge in [0.1, 0.15) is 11.4 Å². The second-order valence-corrected chi connectivity index (χ2v) is 5.65. The summed E-state index contributed by atoms with van der Waals surface area (Å²) in [5.74, 6) is -9.92. The third kappa shape index (κ3) is 4.35. The van der Waals surface area contributed by atoms with Crippen LogP contribution in [0.4, 0.5) is 23.2 Å². The number of nitrogens with one attached hydrogen (secondary N) is 1. The van der Waals surface area contributed by atoms with Gasteiger partial charge in [-0.05, 0) is 6.92 Å². The van der Waals surface area contributed by atoms with Crippen LogP contribution in [0.15, 0.2) is 23.8 Å². The quantitative estimate of drug-likeness (QED) is 0.342. The molecule has 0 bridgehead atoms. The molecule has 0 spiro atoms. The number of anilines is 1. The topological polar surface area (TPSA) is 88.1 Å². The molecule has 0 aromatic heterocycles. The molecule has 0 saturated carbocycles. The van der Waals surface area contributed by atoms with Gasteiger partial charge in [-0.3, -0.25) is 9.59 Å². The summed E-state index contributed by atoms with van der Waals surface area (Å²) in [6.07, 6.45) is -0.512. The first kappa shape index (κ1) is 21.1. The first-order valence-electron chi connectivity index (χ1n) is 8.00. The van der Waals surface area contributed by atoms with E-state index in [-0.39, 0.29) is 24.0 Å². The summed E-state index contributed by atoms with van der Waals surface area (Å²) < 4.78 is 59.6. The van der Waals surface area contributed by atoms with E-state index in [0.717, 1.165) is 0 Å². The zero-order chi connectivity index (χ0) is 21.0. The third-order valence-corrected chi connectivity index (χ3v) is 3.64. The van der Waals surface area contributed by atoms with Crippen molar-refractivity contribution in [2.45, 2.75) is 25.9 Å². The lowest BCUT2D eigenvalue weighted by Crippen LogP contribution is -2.40. The Labute approximate surface area is 156 Å². The second kappa shape index (κ2) is 8.63. The maximum absolute atomic E-state index is 13.9. The standard InChI is InChI=1S/C17H15F4N3O4/c1-3-6-22-16(26)8(2)28-17(27)11-4-5-12(25)24(23-11)15-13(20)9(18)7-10(19)14(15)21/h3,7-8H,1,4-6H2,2H3,(H,22,26)/t8-/m0/s1. The maximum Gasteiger partial charge on any atom is 0.355 e. The van der Waals surface area contributed by atoms with Gasteiger partial charge in [-0.25, -0.2) is 22.4 Å². The average Bonchev–Trinajstić information content (AvgIpc) is 2.65. The highest BCUT2D eigenvalue weighted by Crippen LogP contribution is 2.30. The van der Waals surface area contributed by atoms with E-state index in [1.807, 2.05) is 0 Å². The van der Waals surface area contributed by atoms with E-state index >= 15 is 0 Å². The van der Waals surface area contributed by atoms with Gasteiger partial charge in [-0.1, -0.05) is 6.08 Å². The van der Waals surface area contributed by atoms with Crippen LogP contribution in [-0.4, -0.2) is 36.1 Å². The van der Waals surface area contributed by atoms with E-state index in [9.17, 15) is 31.9 Å². The molecule has 11 heteroatoms. The van der Waals surface area contributed by atoms with E-state index < -0.39 is 65.0 Å². The number of carbonyl (C=O) groups is 3. The van der Waals surface area contributed by atoms with Crippen LogP contribution >= 0.6 is 0 Å². The molecular formula is C17H15F4N3O4. The molecule has 1 atom stereocenters. The summed E-state index contributed by atoms with van der Waals surface area (Å²) in [5.41, 5.74) is -1.84. The molecule has 1 N–H and O–H groups in total. The molecule has 1 aliphatic rings. The van der Waals surface area contributed by atoms with Crippen LogP contribution in [-0.2, 0) is 19.1 Å². The van der Waals surface area contributed by atoms with Crippen LogP contribution in [0.25, 0.3) is 0 Å². The molecule has 1 heterocycles. The zero-order valence-corrected chi connectivity index (χ0v) is 14.6. The first-order valence-corrected chi connectivity index (χ1v) is 8.00. The smallest absolute Gasteiger partial charge is 0.355 e. The number of benzene rings is 1. The van der Waals surface area contributed by atoms with Crippen molar-refractivity contribution in [1.82, 2.24) is 5.32 Å². The number of hydrogen-bond acceptors (Lipinski definition) is 5. The van der Waals surface area contributed by atoms with Crippen molar-refractivity contribution < 1.29 is 36.7 Å². The third-order valence-electron chi connectivity index (χ3n) is 3.64. The van der Waals surface area contributed by atoms with Gasteiger partial charge in [0.2, 0.25) is 5.91 Å². The predicted molar refractivity (Wildman–Crippen MR) is 89.2 cm³/mol. The molecule has 1 aliphatic heterocycles. The Morgan fingerprint density at radius 1 is 1.29 bits per heavy atom. The Bertz CT molecular complexity index is 846. The van der Waals surface area contributed by atoms with Gasteiger partial charge in [-0.15, -0.1) is 6.58 Å². The SMILES string of the molecule is C=CCNC(=O)[C@H](C)OC(=O)C1=NN(c2c(F)c(F)cc(F)c2F)C(=O)CC1. The Kier molecular flexibility index (Phi) is 6.49. The average molecular weight is 401 g/mol. The highest BCUT2D eigenvalue weighted by Gasteiger charge is 2.33.